The van der Waals surface area contributed by atoms with E-state index in [1.807, 2.05) is 25.1 Å². The van der Waals surface area contributed by atoms with Crippen molar-refractivity contribution in [2.75, 3.05) is 0 Å². The Bertz CT molecular complexity index is 451. The first-order chi connectivity index (χ1) is 8.58. The van der Waals surface area contributed by atoms with Crippen molar-refractivity contribution in [3.8, 4) is 11.8 Å². The number of benzene rings is 1. The summed E-state index contributed by atoms with van der Waals surface area (Å²) in [6, 6.07) is 7.83. The molecule has 0 aromatic heterocycles. The highest BCUT2D eigenvalue weighted by molar-refractivity contribution is 5.41. The Balaban J connectivity index is 2.11. The second kappa shape index (κ2) is 5.44. The summed E-state index contributed by atoms with van der Waals surface area (Å²) in [7, 11) is 0. The Morgan fingerprint density at radius 3 is 2.44 bits per heavy atom. The Labute approximate surface area is 110 Å². The van der Waals surface area contributed by atoms with Crippen LogP contribution < -0.4 is 4.74 Å². The normalized spacial score (nSPS) is 27.6. The first kappa shape index (κ1) is 13.0. The molecule has 2 nitrogen and oxygen atoms in total. The van der Waals surface area contributed by atoms with Crippen molar-refractivity contribution < 1.29 is 4.74 Å². The minimum atomic E-state index is 0.302. The van der Waals surface area contributed by atoms with E-state index < -0.39 is 0 Å². The molecule has 0 radical (unpaired) electrons. The topological polar surface area (TPSA) is 33.0 Å². The SMILES string of the molecule is Cc1ccc(C#N)cc1OC1CC(C)CC(C)C1. The molecule has 18 heavy (non-hydrogen) atoms. The van der Waals surface area contributed by atoms with Crippen molar-refractivity contribution in [1.29, 1.82) is 5.26 Å². The number of rotatable bonds is 2. The minimum absolute atomic E-state index is 0.302. The number of nitrogens with zero attached hydrogens (tertiary/aromatic N) is 1. The molecule has 0 N–H and O–H groups in total. The summed E-state index contributed by atoms with van der Waals surface area (Å²) < 4.78 is 6.12. The highest BCUT2D eigenvalue weighted by Gasteiger charge is 2.25. The molecule has 2 heteroatoms. The van der Waals surface area contributed by atoms with Gasteiger partial charge in [-0.3, -0.25) is 0 Å². The molecule has 2 unspecified atom stereocenters. The molecule has 2 atom stereocenters. The van der Waals surface area contributed by atoms with E-state index in [1.165, 1.54) is 6.42 Å². The molecule has 0 amide bonds. The third kappa shape index (κ3) is 3.04. The third-order valence-electron chi connectivity index (χ3n) is 3.75. The van der Waals surface area contributed by atoms with Crippen LogP contribution >= 0.6 is 0 Å². The van der Waals surface area contributed by atoms with E-state index in [-0.39, 0.29) is 0 Å². The van der Waals surface area contributed by atoms with Crippen molar-refractivity contribution in [1.82, 2.24) is 0 Å². The Hall–Kier alpha value is -1.49. The Morgan fingerprint density at radius 2 is 1.83 bits per heavy atom. The fourth-order valence-electron chi connectivity index (χ4n) is 2.95. The lowest BCUT2D eigenvalue weighted by molar-refractivity contribution is 0.100. The molecule has 1 saturated carbocycles. The first-order valence-electron chi connectivity index (χ1n) is 6.76. The van der Waals surface area contributed by atoms with E-state index in [2.05, 4.69) is 19.9 Å². The molecule has 1 aromatic rings. The summed E-state index contributed by atoms with van der Waals surface area (Å²) in [5.41, 5.74) is 1.78. The van der Waals surface area contributed by atoms with Crippen molar-refractivity contribution in [2.24, 2.45) is 11.8 Å². The highest BCUT2D eigenvalue weighted by Crippen LogP contribution is 2.32. The molecule has 1 aliphatic carbocycles. The summed E-state index contributed by atoms with van der Waals surface area (Å²) in [6.45, 7) is 6.63. The zero-order valence-corrected chi connectivity index (χ0v) is 11.4. The van der Waals surface area contributed by atoms with Crippen LogP contribution in [0.3, 0.4) is 0 Å². The van der Waals surface area contributed by atoms with Crippen LogP contribution in [0.5, 0.6) is 5.75 Å². The molecular formula is C16H21NO. The molecular weight excluding hydrogens is 222 g/mol. The Kier molecular flexibility index (Phi) is 3.91. The average molecular weight is 243 g/mol. The zero-order chi connectivity index (χ0) is 13.1. The molecule has 1 aromatic carbocycles. The maximum atomic E-state index is 8.94. The average Bonchev–Trinajstić information content (AvgIpc) is 2.30. The number of ether oxygens (including phenoxy) is 1. The van der Waals surface area contributed by atoms with Gasteiger partial charge in [0.15, 0.2) is 0 Å². The highest BCUT2D eigenvalue weighted by atomic mass is 16.5. The van der Waals surface area contributed by atoms with Gasteiger partial charge in [-0.2, -0.15) is 5.26 Å². The third-order valence-corrected chi connectivity index (χ3v) is 3.75. The van der Waals surface area contributed by atoms with E-state index in [1.54, 1.807) is 0 Å². The second-order valence-electron chi connectivity index (χ2n) is 5.75. The van der Waals surface area contributed by atoms with Crippen molar-refractivity contribution in [3.63, 3.8) is 0 Å². The lowest BCUT2D eigenvalue weighted by Gasteiger charge is -2.32. The molecule has 0 spiro atoms. The quantitative estimate of drug-likeness (QED) is 0.784. The van der Waals surface area contributed by atoms with Crippen LogP contribution in [0.1, 0.15) is 44.2 Å². The fraction of sp³-hybridized carbons (Fsp3) is 0.562. The Morgan fingerprint density at radius 1 is 1.17 bits per heavy atom. The molecule has 0 aliphatic heterocycles. The lowest BCUT2D eigenvalue weighted by Crippen LogP contribution is -2.28. The van der Waals surface area contributed by atoms with Crippen LogP contribution in [0.4, 0.5) is 0 Å². The maximum Gasteiger partial charge on any atom is 0.123 e. The van der Waals surface area contributed by atoms with Gasteiger partial charge in [0.25, 0.3) is 0 Å². The first-order valence-corrected chi connectivity index (χ1v) is 6.76. The number of aryl methyl sites for hydroxylation is 1. The van der Waals surface area contributed by atoms with E-state index in [0.29, 0.717) is 11.7 Å². The summed E-state index contributed by atoms with van der Waals surface area (Å²) in [5.74, 6) is 2.34. The summed E-state index contributed by atoms with van der Waals surface area (Å²) in [4.78, 5) is 0. The maximum absolute atomic E-state index is 8.94. The minimum Gasteiger partial charge on any atom is -0.490 e. The van der Waals surface area contributed by atoms with Crippen molar-refractivity contribution in [2.45, 2.75) is 46.1 Å². The largest absolute Gasteiger partial charge is 0.490 e. The molecule has 0 bridgehead atoms. The second-order valence-corrected chi connectivity index (χ2v) is 5.75. The monoisotopic (exact) mass is 243 g/mol. The van der Waals surface area contributed by atoms with Gasteiger partial charge in [0.1, 0.15) is 5.75 Å². The van der Waals surface area contributed by atoms with E-state index >= 15 is 0 Å². The van der Waals surface area contributed by atoms with Crippen LogP contribution in [0, 0.1) is 30.1 Å². The van der Waals surface area contributed by atoms with Gasteiger partial charge in [-0.15, -0.1) is 0 Å². The number of nitriles is 1. The standard InChI is InChI=1S/C16H21NO/c1-11-6-12(2)8-15(7-11)18-16-9-14(10-17)5-4-13(16)3/h4-5,9,11-12,15H,6-8H2,1-3H3. The van der Waals surface area contributed by atoms with Crippen LogP contribution in [0.2, 0.25) is 0 Å². The number of hydrogen-bond donors (Lipinski definition) is 0. The molecule has 96 valence electrons. The summed E-state index contributed by atoms with van der Waals surface area (Å²) >= 11 is 0. The van der Waals surface area contributed by atoms with Gasteiger partial charge in [0, 0.05) is 0 Å². The zero-order valence-electron chi connectivity index (χ0n) is 11.4. The fourth-order valence-corrected chi connectivity index (χ4v) is 2.95. The van der Waals surface area contributed by atoms with Crippen molar-refractivity contribution in [3.05, 3.63) is 29.3 Å². The summed E-state index contributed by atoms with van der Waals surface area (Å²) in [6.07, 6.45) is 3.86. The molecule has 1 fully saturated rings. The van der Waals surface area contributed by atoms with Crippen LogP contribution in [-0.4, -0.2) is 6.10 Å². The van der Waals surface area contributed by atoms with Gasteiger partial charge >= 0.3 is 0 Å². The lowest BCUT2D eigenvalue weighted by atomic mass is 9.82. The molecule has 2 rings (SSSR count). The molecule has 1 aliphatic rings. The predicted octanol–water partition coefficient (Wildman–Crippen LogP) is 4.07. The molecule has 0 saturated heterocycles. The summed E-state index contributed by atoms with van der Waals surface area (Å²) in [5, 5.41) is 8.94. The van der Waals surface area contributed by atoms with Gasteiger partial charge in [-0.05, 0) is 55.7 Å². The van der Waals surface area contributed by atoms with Gasteiger partial charge in [-0.1, -0.05) is 19.9 Å². The van der Waals surface area contributed by atoms with E-state index in [4.69, 9.17) is 10.00 Å². The van der Waals surface area contributed by atoms with Crippen LogP contribution in [-0.2, 0) is 0 Å². The van der Waals surface area contributed by atoms with Crippen LogP contribution in [0.25, 0.3) is 0 Å². The van der Waals surface area contributed by atoms with Crippen molar-refractivity contribution >= 4 is 0 Å². The van der Waals surface area contributed by atoms with Gasteiger partial charge in [0.2, 0.25) is 0 Å². The predicted molar refractivity (Wildman–Crippen MR) is 72.5 cm³/mol. The molecule has 0 heterocycles. The van der Waals surface area contributed by atoms with Gasteiger partial charge in [-0.25, -0.2) is 0 Å². The smallest absolute Gasteiger partial charge is 0.123 e. The van der Waals surface area contributed by atoms with Gasteiger partial charge in [0.05, 0.1) is 17.7 Å². The van der Waals surface area contributed by atoms with Crippen LogP contribution in [0.15, 0.2) is 18.2 Å². The van der Waals surface area contributed by atoms with E-state index in [0.717, 1.165) is 36.0 Å². The number of hydrogen-bond acceptors (Lipinski definition) is 2. The van der Waals surface area contributed by atoms with Gasteiger partial charge < -0.3 is 4.74 Å². The van der Waals surface area contributed by atoms with E-state index in [9.17, 15) is 0 Å².